The third-order valence-electron chi connectivity index (χ3n) is 16.0. The molecule has 22 heteroatoms. The number of rotatable bonds is 34. The smallest absolute Gasteiger partial charge is 0.0176 e. The van der Waals surface area contributed by atoms with Crippen molar-refractivity contribution in [2.24, 2.45) is 29.6 Å². The van der Waals surface area contributed by atoms with Crippen molar-refractivity contribution in [2.75, 3.05) is 47.2 Å². The van der Waals surface area contributed by atoms with Crippen LogP contribution in [0.25, 0.3) is 0 Å². The molecule has 0 aliphatic carbocycles. The second-order valence-corrected chi connectivity index (χ2v) is 25.6. The number of anilines is 1. The largest absolute Gasteiger partial charge is 0.0603 e. The number of carbonyl (C=O) groups excluding carboxylic acids is 8. The molecule has 0 aromatic heterocycles. The summed E-state index contributed by atoms with van der Waals surface area (Å²) in [7, 11) is 7.85. The van der Waals surface area contributed by atoms with Gasteiger partial charge in [0, 0.05) is 34.9 Å². The Balaban J connectivity index is 1.68. The Bertz CT molecular complexity index is 2420. The van der Waals surface area contributed by atoms with E-state index in [0.29, 0.717) is 55.5 Å². The number of benzene rings is 2. The molecular formula is C62H101N9O12Se. The van der Waals surface area contributed by atoms with Crippen LogP contribution in [0.3, 0.4) is 0 Å². The van der Waals surface area contributed by atoms with Gasteiger partial charge in [-0.15, -0.1) is 0 Å². The van der Waals surface area contributed by atoms with Gasteiger partial charge >= 0.3 is 197 Å². The Morgan fingerprint density at radius 3 is 1.94 bits per heavy atom. The van der Waals surface area contributed by atoms with Gasteiger partial charge in [0.05, 0.1) is 48.8 Å². The van der Waals surface area contributed by atoms with Crippen molar-refractivity contribution in [2.45, 2.75) is 199 Å². The van der Waals surface area contributed by atoms with Crippen LogP contribution in [0.1, 0.15) is 132 Å². The zero-order valence-electron chi connectivity index (χ0n) is 53.0. The number of likely N-dealkylation sites (N-methyl/N-ethyl adjacent to an activating group) is 3. The van der Waals surface area contributed by atoms with Crippen molar-refractivity contribution in [3.05, 3.63) is 65.7 Å². The summed E-state index contributed by atoms with van der Waals surface area (Å²) in [5.41, 5.74) is 1.73. The van der Waals surface area contributed by atoms with Gasteiger partial charge in [-0.25, -0.2) is 4.79 Å². The number of aliphatic hydroxyl groups excluding tert-OH is 1. The molecule has 0 unspecified atom stereocenters. The van der Waals surface area contributed by atoms with Gasteiger partial charge < -0.3 is 35.0 Å². The number of nitrogens with one attached hydrogen (secondary N) is 6. The van der Waals surface area contributed by atoms with Crippen LogP contribution in [0.15, 0.2) is 54.6 Å². The van der Waals surface area contributed by atoms with Crippen molar-refractivity contribution >= 4 is 68.1 Å². The second kappa shape index (κ2) is 35.7. The fourth-order valence-electron chi connectivity index (χ4n) is 10.9. The van der Waals surface area contributed by atoms with E-state index in [1.807, 2.05) is 65.6 Å². The van der Waals surface area contributed by atoms with Crippen molar-refractivity contribution < 1.29 is 57.7 Å². The van der Waals surface area contributed by atoms with Gasteiger partial charge in [-0.05, 0) is 43.1 Å². The van der Waals surface area contributed by atoms with Crippen LogP contribution in [-0.2, 0) is 54.4 Å². The Morgan fingerprint density at radius 2 is 1.39 bits per heavy atom. The van der Waals surface area contributed by atoms with Crippen LogP contribution in [0.5, 0.6) is 0 Å². The van der Waals surface area contributed by atoms with E-state index in [2.05, 4.69) is 31.9 Å². The average molecular weight is 1240 g/mol. The molecule has 84 heavy (non-hydrogen) atoms. The fraction of sp³-hybridized carbons (Fsp3) is 0.677. The maximum absolute atomic E-state index is 14.8. The van der Waals surface area contributed by atoms with Crippen LogP contribution in [-0.4, -0.2) is 185 Å². The molecule has 8 amide bonds. The van der Waals surface area contributed by atoms with E-state index in [1.54, 1.807) is 94.9 Å². The topological polar surface area (TPSA) is 266 Å². The van der Waals surface area contributed by atoms with Gasteiger partial charge in [-0.2, -0.15) is 0 Å². The summed E-state index contributed by atoms with van der Waals surface area (Å²) in [5, 5.41) is 29.0. The van der Waals surface area contributed by atoms with Gasteiger partial charge in [0.1, 0.15) is 12.1 Å². The van der Waals surface area contributed by atoms with E-state index in [0.717, 1.165) is 5.32 Å². The molecule has 472 valence electrons. The number of amides is 8. The molecule has 7 N–H and O–H groups in total. The first kappa shape index (κ1) is 72.6. The van der Waals surface area contributed by atoms with Crippen LogP contribution < -0.4 is 31.9 Å². The molecule has 1 saturated heterocycles. The standard InChI is InChI=1S/C62H101N9O12Se/c1-18-39(8)53(49(81-15)34-50(72)71-31-22-25-48(71)55(82-16)40(9)56(74)64-41(10)54(73)44-23-20-19-21-24-44)69(13)61(79)51(37(4)5)68-60(78)52(38(6)7)70(14)62(80)83-35-43-26-28-45(29-27-43)66-58(76)46(30-32-84-17)67-57(75)42(11)65-59(77)47(63-12)33-36(2)3/h19-21,23-24,26-29,36-42,46-49,51-55,63,73H,18,22,25,30-35H2,1-17H3,(H,64,74)(H,65,77)(H,66,76)(H,67,75)(H,68,78)/t39-,40+,41+,42-,46-,47+,48-,49+,51-,52-,53-,54+,55+/m0/s1. The summed E-state index contributed by atoms with van der Waals surface area (Å²) in [6.07, 6.45) is -0.215. The molecule has 1 heterocycles. The Hall–Kier alpha value is -5.64. The number of methoxy groups -OCH3 is 2. The number of aliphatic hydroxyl groups is 1. The fourth-order valence-corrected chi connectivity index (χ4v) is 11.8. The number of hydrogen-bond acceptors (Lipinski definition) is 13. The summed E-state index contributed by atoms with van der Waals surface area (Å²) >= 11 is 0.243. The Morgan fingerprint density at radius 1 is 0.750 bits per heavy atom. The predicted octanol–water partition coefficient (Wildman–Crippen LogP) is 5.70. The summed E-state index contributed by atoms with van der Waals surface area (Å²) in [6.45, 7) is 20.6. The number of hydrogen-bond donors (Lipinski definition) is 7. The quantitative estimate of drug-likeness (QED) is 0.0415. The van der Waals surface area contributed by atoms with E-state index in [4.69, 9.17) is 14.2 Å². The van der Waals surface area contributed by atoms with E-state index >= 15 is 0 Å². The molecule has 1 aliphatic rings. The molecule has 21 nitrogen and oxygen atoms in total. The van der Waals surface area contributed by atoms with Crippen LogP contribution in [0.4, 0.5) is 10.5 Å². The van der Waals surface area contributed by atoms with E-state index < -0.39 is 114 Å². The zero-order chi connectivity index (χ0) is 63.1. The molecular weight excluding hydrogens is 1140 g/mol. The maximum atomic E-state index is 14.8. The minimum atomic E-state index is -1.04. The number of nitrogens with zero attached hydrogens (tertiary/aromatic N) is 3. The summed E-state index contributed by atoms with van der Waals surface area (Å²) in [5.74, 6) is -1.97. The average Bonchev–Trinajstić information content (AvgIpc) is 3.12. The van der Waals surface area contributed by atoms with Gasteiger partial charge in [0.15, 0.2) is 0 Å². The summed E-state index contributed by atoms with van der Waals surface area (Å²) in [6, 6.07) is 9.92. The summed E-state index contributed by atoms with van der Waals surface area (Å²) < 4.78 is 17.7. The second-order valence-electron chi connectivity index (χ2n) is 23.6. The minimum Gasteiger partial charge on any atom is -0.0603 e. The van der Waals surface area contributed by atoms with Crippen molar-refractivity contribution in [3.63, 3.8) is 0 Å². The molecule has 0 spiro atoms. The first-order chi connectivity index (χ1) is 39.7. The Labute approximate surface area is 506 Å². The van der Waals surface area contributed by atoms with E-state index in [-0.39, 0.29) is 57.5 Å². The van der Waals surface area contributed by atoms with Crippen LogP contribution in [0, 0.1) is 29.6 Å². The third kappa shape index (κ3) is 21.1. The van der Waals surface area contributed by atoms with Gasteiger partial charge in [0.2, 0.25) is 23.6 Å². The maximum Gasteiger partial charge on any atom is -0.0176 e. The van der Waals surface area contributed by atoms with E-state index in [9.17, 15) is 43.5 Å². The van der Waals surface area contributed by atoms with Gasteiger partial charge in [-0.3, -0.25) is 24.1 Å². The monoisotopic (exact) mass is 1240 g/mol. The predicted molar refractivity (Wildman–Crippen MR) is 326 cm³/mol. The van der Waals surface area contributed by atoms with Crippen molar-refractivity contribution in [1.29, 1.82) is 0 Å². The molecule has 0 saturated carbocycles. The van der Waals surface area contributed by atoms with E-state index in [1.165, 1.54) is 26.2 Å². The number of carbonyl (C=O) groups is 8. The van der Waals surface area contributed by atoms with Gasteiger partial charge in [-0.1, -0.05) is 85.2 Å². The first-order valence-electron chi connectivity index (χ1n) is 29.7. The third-order valence-corrected chi connectivity index (χ3v) is 17.4. The van der Waals surface area contributed by atoms with Crippen molar-refractivity contribution in [1.82, 2.24) is 41.3 Å². The number of ether oxygens (including phenoxy) is 3. The normalized spacial score (nSPS) is 17.7. The SMILES string of the molecule is CC[C@H](C)[C@@H]([C@@H](CC(=O)N1CCC[C@H]1[C@H](OC)[C@@H](C)C(=O)N[C@H](C)[C@@H](O)c1ccccc1)OC)N(C)C(=O)[C@@H](NC(=O)[C@H](C(C)C)N(C)C(=O)OCc1ccc(NC(=O)[C@H](CC[Se]C)NC(=O)[C@H](C)NC(=O)[C@@H](CC(C)C)NC)cc1)C(C)C. The first-order valence-corrected chi connectivity index (χ1v) is 32.6. The number of likely N-dealkylation sites (tertiary alicyclic amines) is 1. The van der Waals surface area contributed by atoms with Crippen LogP contribution >= 0.6 is 0 Å². The summed E-state index contributed by atoms with van der Waals surface area (Å²) in [4.78, 5) is 115. The van der Waals surface area contributed by atoms with Crippen molar-refractivity contribution in [3.8, 4) is 0 Å². The molecule has 1 fully saturated rings. The zero-order valence-corrected chi connectivity index (χ0v) is 54.7. The molecule has 0 radical (unpaired) electrons. The van der Waals surface area contributed by atoms with Gasteiger partial charge in [0.25, 0.3) is 0 Å². The minimum absolute atomic E-state index is 0.0694. The van der Waals surface area contributed by atoms with Crippen LogP contribution in [0.2, 0.25) is 11.1 Å². The molecule has 3 rings (SSSR count). The molecule has 13 atom stereocenters. The molecule has 2 aromatic rings. The molecule has 0 bridgehead atoms. The molecule has 1 aliphatic heterocycles. The molecule has 2 aromatic carbocycles. The Kier molecular flexibility index (Phi) is 30.9.